The first-order valence-corrected chi connectivity index (χ1v) is 8.87. The lowest BCUT2D eigenvalue weighted by atomic mass is 9.17. The molecule has 0 saturated heterocycles. The highest BCUT2D eigenvalue weighted by Gasteiger charge is 2.52. The molecule has 4 aromatic rings. The maximum absolute atomic E-state index is 9.23. The van der Waals surface area contributed by atoms with Crippen LogP contribution in [0.1, 0.15) is 79.7 Å². The normalized spacial score (nSPS) is 30.8. The van der Waals surface area contributed by atoms with Crippen LogP contribution in [0.5, 0.6) is 0 Å². The summed E-state index contributed by atoms with van der Waals surface area (Å²) in [4.78, 5) is 0. The highest BCUT2D eigenvalue weighted by Crippen LogP contribution is 2.49. The summed E-state index contributed by atoms with van der Waals surface area (Å²) in [6.45, 7) is -19.4. The predicted molar refractivity (Wildman–Crippen MR) is 132 cm³/mol. The molecule has 0 bridgehead atoms. The fourth-order valence-electron chi connectivity index (χ4n) is 3.97. The third-order valence-corrected chi connectivity index (χ3v) is 5.28. The first kappa shape index (κ1) is 5.71. The molecule has 1 heterocycles. The molecule has 0 atom stereocenters. The summed E-state index contributed by atoms with van der Waals surface area (Å²) in [5, 5.41) is -10.0. The molecule has 30 heavy (non-hydrogen) atoms. The van der Waals surface area contributed by atoms with Crippen LogP contribution in [0.25, 0.3) is 21.9 Å². The Hall–Kier alpha value is -2.80. The van der Waals surface area contributed by atoms with Crippen LogP contribution in [0.4, 0.5) is 0 Å². The van der Waals surface area contributed by atoms with Crippen molar-refractivity contribution in [2.24, 2.45) is 0 Å². The number of benzene rings is 4. The smallest absolute Gasteiger partial charge is 0.0705 e. The molecule has 0 aromatic heterocycles. The molecule has 1 aliphatic heterocycles. The summed E-state index contributed by atoms with van der Waals surface area (Å²) in [6, 6.07) is -16.7. The maximum Gasteiger partial charge on any atom is 0.197 e. The molecule has 0 aliphatic carbocycles. The minimum atomic E-state index is -4.27. The van der Waals surface area contributed by atoms with Crippen LogP contribution in [-0.4, -0.2) is 6.71 Å². The Morgan fingerprint density at radius 2 is 1.37 bits per heavy atom. The van der Waals surface area contributed by atoms with E-state index in [9.17, 15) is 2.74 Å². The van der Waals surface area contributed by atoms with Crippen molar-refractivity contribution in [3.8, 4) is 11.1 Å². The average molecular weight is 415 g/mol. The second-order valence-corrected chi connectivity index (χ2v) is 7.09. The van der Waals surface area contributed by atoms with E-state index in [0.29, 0.717) is 0 Å². The molecule has 1 heteroatoms. The lowest BCUT2D eigenvalue weighted by Crippen LogP contribution is -2.61. The monoisotopic (exact) mass is 414 g/mol. The van der Waals surface area contributed by atoms with Crippen LogP contribution in [-0.2, 0) is 10.6 Å². The molecule has 5 rings (SSSR count). The van der Waals surface area contributed by atoms with Crippen molar-refractivity contribution in [2.75, 3.05) is 0 Å². The third-order valence-electron chi connectivity index (χ3n) is 5.28. The molecule has 0 radical (unpaired) electrons. The first-order chi connectivity index (χ1) is 25.1. The Morgan fingerprint density at radius 3 is 2.10 bits per heavy atom. The van der Waals surface area contributed by atoms with E-state index in [4.69, 9.17) is 32.9 Å². The second kappa shape index (κ2) is 6.60. The molecule has 0 fully saturated rings. The van der Waals surface area contributed by atoms with Crippen molar-refractivity contribution in [3.05, 3.63) is 101 Å². The average Bonchev–Trinajstić information content (AvgIpc) is 3.05. The standard InChI is InChI=1S/C29H29B/c1-20-18-19-25-27-22(20)15-11-16-24(27)28(2,3)30(29(25,4)5)26-17-10-9-14-23(26)21-12-7-6-8-13-21/h6-19H,1-5H3/i2D3,3D3,4D3,5D3,6D,7D,8D,9D,10D,11D,12D,13D,14D,15D,16D,17D,18D,19D. The van der Waals surface area contributed by atoms with Crippen LogP contribution in [0.2, 0.25) is 0 Å². The molecule has 0 N–H and O–H groups in total. The van der Waals surface area contributed by atoms with Gasteiger partial charge in [-0.2, -0.15) is 0 Å². The summed E-state index contributed by atoms with van der Waals surface area (Å²) in [7, 11) is 0. The van der Waals surface area contributed by atoms with Crippen molar-refractivity contribution < 1.29 is 35.6 Å². The number of rotatable bonds is 2. The summed E-state index contributed by atoms with van der Waals surface area (Å²) < 4.78 is 231. The van der Waals surface area contributed by atoms with E-state index >= 15 is 0 Å². The minimum absolute atomic E-state index is 0.414. The van der Waals surface area contributed by atoms with Gasteiger partial charge >= 0.3 is 0 Å². The molecule has 4 aromatic carbocycles. The molecule has 1 aliphatic rings. The molecule has 0 nitrogen and oxygen atoms in total. The van der Waals surface area contributed by atoms with Gasteiger partial charge in [0.15, 0.2) is 6.71 Å². The van der Waals surface area contributed by atoms with Gasteiger partial charge in [0.25, 0.3) is 0 Å². The summed E-state index contributed by atoms with van der Waals surface area (Å²) >= 11 is 0. The third kappa shape index (κ3) is 2.61. The van der Waals surface area contributed by atoms with Gasteiger partial charge in [-0.1, -0.05) is 117 Å². The van der Waals surface area contributed by atoms with Gasteiger partial charge in [0.05, 0.1) is 19.2 Å². The van der Waals surface area contributed by atoms with Gasteiger partial charge in [-0.15, -0.1) is 0 Å². The topological polar surface area (TPSA) is 0 Å². The van der Waals surface area contributed by atoms with Gasteiger partial charge in [0.2, 0.25) is 0 Å². The molecular formula is C29H29B. The molecule has 0 amide bonds. The number of hydrogen-bond donors (Lipinski definition) is 0. The van der Waals surface area contributed by atoms with E-state index < -0.39 is 173 Å². The van der Waals surface area contributed by atoms with Gasteiger partial charge in [-0.3, -0.25) is 0 Å². The Bertz CT molecular complexity index is 2230. The number of hydrogen-bond acceptors (Lipinski definition) is 0. The first-order valence-electron chi connectivity index (χ1n) is 21.9. The SMILES string of the molecule is [2H]c1c([2H])c([2H])c(-c2c([2H])c([2H])c([2H])c([2H])c2B2C(C([2H])([2H])[2H])(C([2H])([2H])[2H])c3c([2H])c([2H])c([2H])c4c(C)c([2H])c([2H])c(c34)C2(C([2H])([2H])[2H])C([2H])([2H])[2H])c([2H])c1[2H]. The van der Waals surface area contributed by atoms with Crippen molar-refractivity contribution in [1.29, 1.82) is 0 Å². The van der Waals surface area contributed by atoms with Crippen LogP contribution in [0.15, 0.2) is 84.6 Å². The van der Waals surface area contributed by atoms with E-state index in [-0.39, 0.29) is 0 Å². The molecule has 0 saturated carbocycles. The highest BCUT2D eigenvalue weighted by atomic mass is 14.4. The minimum Gasteiger partial charge on any atom is -0.0705 e. The molecule has 0 unspecified atom stereocenters. The summed E-state index contributed by atoms with van der Waals surface area (Å²) in [5.41, 5.74) is -6.88. The van der Waals surface area contributed by atoms with Crippen molar-refractivity contribution in [2.45, 2.75) is 45.0 Å². The fourth-order valence-corrected chi connectivity index (χ4v) is 3.97. The predicted octanol–water partition coefficient (Wildman–Crippen LogP) is 6.86. The summed E-state index contributed by atoms with van der Waals surface area (Å²) in [5.74, 6) is 0. The Morgan fingerprint density at radius 1 is 0.700 bits per heavy atom. The van der Waals surface area contributed by atoms with E-state index in [1.807, 2.05) is 0 Å². The summed E-state index contributed by atoms with van der Waals surface area (Å²) in [6.07, 6.45) is 0. The lowest BCUT2D eigenvalue weighted by Gasteiger charge is -2.49. The van der Waals surface area contributed by atoms with Crippen LogP contribution >= 0.6 is 0 Å². The van der Waals surface area contributed by atoms with Gasteiger partial charge in [-0.25, -0.2) is 0 Å². The van der Waals surface area contributed by atoms with Gasteiger partial charge in [0, 0.05) is 16.4 Å². The molecular weight excluding hydrogens is 359 g/mol. The largest absolute Gasteiger partial charge is 0.197 e. The van der Waals surface area contributed by atoms with E-state index in [1.165, 1.54) is 0 Å². The van der Waals surface area contributed by atoms with E-state index in [0.717, 1.165) is 6.92 Å². The zero-order valence-corrected chi connectivity index (χ0v) is 15.6. The zero-order chi connectivity index (χ0) is 43.3. The Kier molecular flexibility index (Phi) is 1.26. The lowest BCUT2D eigenvalue weighted by molar-refractivity contribution is 0.636. The van der Waals surface area contributed by atoms with Crippen LogP contribution in [0, 0.1) is 6.92 Å². The highest BCUT2D eigenvalue weighted by molar-refractivity contribution is 6.80. The van der Waals surface area contributed by atoms with Crippen molar-refractivity contribution in [3.63, 3.8) is 0 Å². The van der Waals surface area contributed by atoms with Gasteiger partial charge in [0.1, 0.15) is 0 Å². The maximum atomic E-state index is 9.23. The van der Waals surface area contributed by atoms with Crippen molar-refractivity contribution in [1.82, 2.24) is 0 Å². The van der Waals surface area contributed by atoms with Crippen LogP contribution < -0.4 is 5.46 Å². The quantitative estimate of drug-likeness (QED) is 0.314. The Balaban J connectivity index is 2.44. The Labute approximate surface area is 217 Å². The zero-order valence-electron chi connectivity index (χ0n) is 41.6. The van der Waals surface area contributed by atoms with E-state index in [1.54, 1.807) is 0 Å². The van der Waals surface area contributed by atoms with E-state index in [2.05, 4.69) is 0 Å². The van der Waals surface area contributed by atoms with Gasteiger partial charge in [-0.05, 0) is 56.1 Å². The number of aryl methyl sites for hydroxylation is 1. The molecule has 0 spiro atoms. The van der Waals surface area contributed by atoms with Crippen LogP contribution in [0.3, 0.4) is 0 Å². The fraction of sp³-hybridized carbons (Fsp3) is 0.241. The van der Waals surface area contributed by atoms with Gasteiger partial charge < -0.3 is 0 Å². The molecule has 148 valence electrons. The van der Waals surface area contributed by atoms with Crippen molar-refractivity contribution >= 4 is 22.9 Å². The second-order valence-electron chi connectivity index (χ2n) is 7.09.